The fraction of sp³-hybridized carbons (Fsp3) is 0.194. The number of hydrogen-bond donors (Lipinski definition) is 2. The Morgan fingerprint density at radius 2 is 1.81 bits per heavy atom. The molecule has 1 amide bonds. The molecule has 0 radical (unpaired) electrons. The van der Waals surface area contributed by atoms with Gasteiger partial charge in [-0.25, -0.2) is 18.7 Å². The molecule has 0 aliphatic carbocycles. The summed E-state index contributed by atoms with van der Waals surface area (Å²) in [4.78, 5) is 36.4. The van der Waals surface area contributed by atoms with Crippen LogP contribution in [0.2, 0.25) is 5.02 Å². The van der Waals surface area contributed by atoms with Crippen molar-refractivity contribution in [2.75, 3.05) is 25.1 Å². The number of benzene rings is 3. The third kappa shape index (κ3) is 6.67. The van der Waals surface area contributed by atoms with Gasteiger partial charge >= 0.3 is 0 Å². The molecular weight excluding hydrogens is 564 g/mol. The number of ether oxygens (including phenoxy) is 1. The smallest absolute Gasteiger partial charge is 0.251 e. The number of hydrogen-bond acceptors (Lipinski definition) is 7. The first-order chi connectivity index (χ1) is 20.4. The van der Waals surface area contributed by atoms with Crippen LogP contribution < -0.4 is 10.6 Å². The highest BCUT2D eigenvalue weighted by Gasteiger charge is 2.25. The minimum atomic E-state index is -0.725. The van der Waals surface area contributed by atoms with E-state index in [4.69, 9.17) is 21.3 Å². The summed E-state index contributed by atoms with van der Waals surface area (Å²) < 4.78 is 34.6. The number of unbranched alkanes of at least 4 members (excludes halogenated alkanes) is 1. The van der Waals surface area contributed by atoms with Crippen LogP contribution >= 0.6 is 11.6 Å². The van der Waals surface area contributed by atoms with Gasteiger partial charge in [-0.05, 0) is 61.4 Å². The molecule has 1 aliphatic heterocycles. The molecule has 0 unspecified atom stereocenters. The zero-order valence-corrected chi connectivity index (χ0v) is 23.1. The predicted octanol–water partition coefficient (Wildman–Crippen LogP) is 5.90. The topological polar surface area (TPSA) is 106 Å². The highest BCUT2D eigenvalue weighted by Crippen LogP contribution is 2.34. The van der Waals surface area contributed by atoms with E-state index >= 15 is 0 Å². The molecule has 1 aliphatic rings. The zero-order chi connectivity index (χ0) is 29.5. The summed E-state index contributed by atoms with van der Waals surface area (Å²) in [6, 6.07) is 15.6. The fourth-order valence-corrected chi connectivity index (χ4v) is 4.69. The molecule has 5 rings (SSSR count). The first kappa shape index (κ1) is 29.0. The monoisotopic (exact) mass is 589 g/mol. The average Bonchev–Trinajstić information content (AvgIpc) is 3.13. The van der Waals surface area contributed by atoms with E-state index in [0.717, 1.165) is 12.8 Å². The van der Waals surface area contributed by atoms with Crippen LogP contribution in [-0.2, 0) is 16.1 Å². The summed E-state index contributed by atoms with van der Waals surface area (Å²) in [7, 11) is 0. The Bertz CT molecular complexity index is 1630. The SMILES string of the molecule is O=CCOCCCCNC(=O)c1ccc(Nc2ncc3c(n2)-c2ccc(Cl)cc2C(c2c(F)cccc2F)=NC3)cc1. The number of rotatable bonds is 11. The number of carbonyl (C=O) groups excluding carboxylic acids is 2. The molecule has 214 valence electrons. The normalized spacial score (nSPS) is 12.0. The zero-order valence-electron chi connectivity index (χ0n) is 22.4. The van der Waals surface area contributed by atoms with Crippen molar-refractivity contribution in [2.45, 2.75) is 19.4 Å². The number of aromatic nitrogens is 2. The van der Waals surface area contributed by atoms with Gasteiger partial charge in [0, 0.05) is 52.3 Å². The molecule has 8 nitrogen and oxygen atoms in total. The number of nitrogens with one attached hydrogen (secondary N) is 2. The maximum absolute atomic E-state index is 14.8. The van der Waals surface area contributed by atoms with Gasteiger partial charge in [0.15, 0.2) is 0 Å². The minimum Gasteiger partial charge on any atom is -0.374 e. The maximum Gasteiger partial charge on any atom is 0.251 e. The van der Waals surface area contributed by atoms with E-state index in [1.807, 2.05) is 0 Å². The highest BCUT2D eigenvalue weighted by molar-refractivity contribution is 6.31. The largest absolute Gasteiger partial charge is 0.374 e. The van der Waals surface area contributed by atoms with Crippen LogP contribution in [0.5, 0.6) is 0 Å². The summed E-state index contributed by atoms with van der Waals surface area (Å²) in [6.07, 6.45) is 3.80. The van der Waals surface area contributed by atoms with E-state index in [2.05, 4.69) is 20.6 Å². The van der Waals surface area contributed by atoms with Gasteiger partial charge in [-0.3, -0.25) is 9.79 Å². The Morgan fingerprint density at radius 3 is 2.57 bits per heavy atom. The standard InChI is InChI=1S/C31H26ClF2N5O3/c32-21-8-11-23-24(16-21)29(27-25(33)4-3-5-26(27)34)36-17-20-18-37-31(39-28(20)23)38-22-9-6-19(7-10-22)30(41)35-12-1-2-14-42-15-13-40/h3-11,13,16,18H,1-2,12,14-15,17H2,(H,35,41)(H,37,38,39). The van der Waals surface area contributed by atoms with Gasteiger partial charge < -0.3 is 20.2 Å². The van der Waals surface area contributed by atoms with Crippen molar-refractivity contribution in [3.05, 3.63) is 106 Å². The van der Waals surface area contributed by atoms with Gasteiger partial charge in [0.2, 0.25) is 5.95 Å². The van der Waals surface area contributed by atoms with Crippen LogP contribution in [0.4, 0.5) is 20.4 Å². The Hall–Kier alpha value is -4.54. The van der Waals surface area contributed by atoms with Crippen molar-refractivity contribution in [1.29, 1.82) is 0 Å². The lowest BCUT2D eigenvalue weighted by Gasteiger charge is -2.13. The average molecular weight is 590 g/mol. The van der Waals surface area contributed by atoms with E-state index in [1.165, 1.54) is 18.2 Å². The predicted molar refractivity (Wildman–Crippen MR) is 156 cm³/mol. The van der Waals surface area contributed by atoms with E-state index in [9.17, 15) is 18.4 Å². The molecular formula is C31H26ClF2N5O3. The summed E-state index contributed by atoms with van der Waals surface area (Å²) in [5.41, 5.74) is 3.38. The first-order valence-electron chi connectivity index (χ1n) is 13.3. The third-order valence-electron chi connectivity index (χ3n) is 6.55. The highest BCUT2D eigenvalue weighted by atomic mass is 35.5. The summed E-state index contributed by atoms with van der Waals surface area (Å²) in [5.74, 6) is -1.35. The third-order valence-corrected chi connectivity index (χ3v) is 6.79. The van der Waals surface area contributed by atoms with Gasteiger partial charge in [0.05, 0.1) is 23.5 Å². The summed E-state index contributed by atoms with van der Waals surface area (Å²) >= 11 is 6.29. The minimum absolute atomic E-state index is 0.0808. The van der Waals surface area contributed by atoms with Crippen LogP contribution in [0.1, 0.15) is 39.9 Å². The van der Waals surface area contributed by atoms with Gasteiger partial charge in [-0.2, -0.15) is 0 Å². The van der Waals surface area contributed by atoms with E-state index < -0.39 is 11.6 Å². The quantitative estimate of drug-likeness (QED) is 0.167. The van der Waals surface area contributed by atoms with E-state index in [1.54, 1.807) is 48.7 Å². The van der Waals surface area contributed by atoms with Crippen molar-refractivity contribution in [3.63, 3.8) is 0 Å². The second-order valence-corrected chi connectivity index (χ2v) is 9.86. The number of anilines is 2. The second-order valence-electron chi connectivity index (χ2n) is 9.43. The van der Waals surface area contributed by atoms with Gasteiger partial charge in [0.1, 0.15) is 24.5 Å². The molecule has 11 heteroatoms. The number of aldehydes is 1. The lowest BCUT2D eigenvalue weighted by molar-refractivity contribution is -0.111. The van der Waals surface area contributed by atoms with Crippen LogP contribution in [0.25, 0.3) is 11.3 Å². The van der Waals surface area contributed by atoms with Crippen LogP contribution in [-0.4, -0.2) is 47.6 Å². The second kappa shape index (κ2) is 13.4. The van der Waals surface area contributed by atoms with Crippen LogP contribution in [0.3, 0.4) is 0 Å². The lowest BCUT2D eigenvalue weighted by Crippen LogP contribution is -2.24. The molecule has 0 saturated carbocycles. The Balaban J connectivity index is 1.32. The van der Waals surface area contributed by atoms with Crippen molar-refractivity contribution >= 4 is 41.1 Å². The van der Waals surface area contributed by atoms with E-state index in [0.29, 0.717) is 64.0 Å². The summed E-state index contributed by atoms with van der Waals surface area (Å²) in [5, 5.41) is 6.39. The lowest BCUT2D eigenvalue weighted by atomic mass is 9.95. The van der Waals surface area contributed by atoms with Crippen molar-refractivity contribution in [1.82, 2.24) is 15.3 Å². The van der Waals surface area contributed by atoms with Gasteiger partial charge in [-0.15, -0.1) is 0 Å². The molecule has 0 fully saturated rings. The number of halogens is 3. The molecule has 3 aromatic carbocycles. The van der Waals surface area contributed by atoms with Crippen molar-refractivity contribution < 1.29 is 23.1 Å². The van der Waals surface area contributed by atoms with Gasteiger partial charge in [-0.1, -0.05) is 23.7 Å². The number of fused-ring (bicyclic) bond motifs is 3. The number of amides is 1. The maximum atomic E-state index is 14.8. The first-order valence-corrected chi connectivity index (χ1v) is 13.6. The fourth-order valence-electron chi connectivity index (χ4n) is 4.52. The molecule has 4 aromatic rings. The molecule has 2 N–H and O–H groups in total. The molecule has 0 spiro atoms. The molecule has 1 aromatic heterocycles. The van der Waals surface area contributed by atoms with Crippen molar-refractivity contribution in [3.8, 4) is 11.3 Å². The number of carbonyl (C=O) groups is 2. The number of aliphatic imine (C=N–C) groups is 1. The van der Waals surface area contributed by atoms with E-state index in [-0.39, 0.29) is 30.3 Å². The molecule has 0 atom stereocenters. The Kier molecular flexibility index (Phi) is 9.25. The Labute approximate surface area is 245 Å². The number of nitrogens with zero attached hydrogens (tertiary/aromatic N) is 3. The molecule has 0 saturated heterocycles. The van der Waals surface area contributed by atoms with Gasteiger partial charge in [0.25, 0.3) is 5.91 Å². The van der Waals surface area contributed by atoms with Crippen molar-refractivity contribution in [2.24, 2.45) is 4.99 Å². The molecule has 42 heavy (non-hydrogen) atoms. The van der Waals surface area contributed by atoms with Crippen LogP contribution in [0.15, 0.2) is 71.9 Å². The van der Waals surface area contributed by atoms with Crippen LogP contribution in [0, 0.1) is 11.6 Å². The summed E-state index contributed by atoms with van der Waals surface area (Å²) in [6.45, 7) is 1.16. The Morgan fingerprint density at radius 1 is 1.02 bits per heavy atom. The molecule has 2 heterocycles. The molecule has 0 bridgehead atoms.